The first-order valence-corrected chi connectivity index (χ1v) is 13.3. The Hall–Kier alpha value is -2.10. The van der Waals surface area contributed by atoms with Crippen molar-refractivity contribution >= 4 is 56.3 Å². The van der Waals surface area contributed by atoms with Crippen LogP contribution in [0.3, 0.4) is 0 Å². The standard InChI is InChI=1S/C23H24N2O4S3/c1-23(2)19-18(22(30)32-31-19)15-10-12(29-3)8-9-16(15)25(23)17(26)11-24-20(27)13-6-4-5-7-14(13)21(24)28/h8-10,13-14H,4-7,11H2,1-3H3/t13-,14-/m0/s1. The van der Waals surface area contributed by atoms with Gasteiger partial charge in [0.15, 0.2) is 0 Å². The fraction of sp³-hybridized carbons (Fsp3) is 0.478. The van der Waals surface area contributed by atoms with Crippen LogP contribution in [-0.4, -0.2) is 36.3 Å². The Balaban J connectivity index is 1.55. The highest BCUT2D eigenvalue weighted by atomic mass is 32.9. The molecule has 1 saturated carbocycles. The van der Waals surface area contributed by atoms with Crippen molar-refractivity contribution in [3.63, 3.8) is 0 Å². The molecule has 2 fully saturated rings. The Morgan fingerprint density at radius 3 is 2.44 bits per heavy atom. The maximum Gasteiger partial charge on any atom is 0.247 e. The molecule has 32 heavy (non-hydrogen) atoms. The summed E-state index contributed by atoms with van der Waals surface area (Å²) >= 11 is 5.63. The van der Waals surface area contributed by atoms with Gasteiger partial charge in [0.05, 0.1) is 35.0 Å². The van der Waals surface area contributed by atoms with Crippen LogP contribution in [0.5, 0.6) is 5.75 Å². The highest BCUT2D eigenvalue weighted by Gasteiger charge is 2.50. The van der Waals surface area contributed by atoms with Gasteiger partial charge in [0.1, 0.15) is 16.1 Å². The summed E-state index contributed by atoms with van der Waals surface area (Å²) in [5.41, 5.74) is 1.88. The van der Waals surface area contributed by atoms with E-state index in [2.05, 4.69) is 0 Å². The fourth-order valence-corrected chi connectivity index (χ4v) is 8.66. The Morgan fingerprint density at radius 1 is 1.16 bits per heavy atom. The molecule has 1 aromatic heterocycles. The lowest BCUT2D eigenvalue weighted by atomic mass is 9.81. The van der Waals surface area contributed by atoms with Gasteiger partial charge in [-0.1, -0.05) is 45.7 Å². The predicted molar refractivity (Wildman–Crippen MR) is 128 cm³/mol. The van der Waals surface area contributed by atoms with Gasteiger partial charge < -0.3 is 4.74 Å². The van der Waals surface area contributed by atoms with Crippen LogP contribution in [0.1, 0.15) is 44.4 Å². The van der Waals surface area contributed by atoms with Gasteiger partial charge in [-0.2, -0.15) is 0 Å². The third kappa shape index (κ3) is 3.08. The first-order valence-electron chi connectivity index (χ1n) is 10.8. The van der Waals surface area contributed by atoms with Gasteiger partial charge in [0, 0.05) is 11.1 Å². The Labute approximate surface area is 199 Å². The smallest absolute Gasteiger partial charge is 0.247 e. The molecule has 168 valence electrons. The second-order valence-electron chi connectivity index (χ2n) is 9.09. The van der Waals surface area contributed by atoms with E-state index in [9.17, 15) is 14.4 Å². The molecule has 0 bridgehead atoms. The third-order valence-electron chi connectivity index (χ3n) is 6.94. The number of hydrogen-bond acceptors (Lipinski definition) is 7. The van der Waals surface area contributed by atoms with Gasteiger partial charge >= 0.3 is 0 Å². The minimum absolute atomic E-state index is 0.190. The first kappa shape index (κ1) is 21.7. The molecule has 1 saturated heterocycles. The number of ether oxygens (including phenoxy) is 1. The van der Waals surface area contributed by atoms with E-state index in [4.69, 9.17) is 17.0 Å². The summed E-state index contributed by atoms with van der Waals surface area (Å²) in [6.07, 6.45) is 3.39. The second kappa shape index (κ2) is 7.74. The van der Waals surface area contributed by atoms with Crippen LogP contribution in [0.4, 0.5) is 5.69 Å². The molecule has 2 atom stereocenters. The number of amides is 3. The topological polar surface area (TPSA) is 66.9 Å². The molecule has 0 unspecified atom stereocenters. The molecule has 3 heterocycles. The molecule has 1 aliphatic carbocycles. The predicted octanol–water partition coefficient (Wildman–Crippen LogP) is 4.97. The van der Waals surface area contributed by atoms with E-state index < -0.39 is 5.54 Å². The van der Waals surface area contributed by atoms with Crippen LogP contribution in [0.15, 0.2) is 18.2 Å². The number of likely N-dealkylation sites (tertiary alicyclic amines) is 1. The fourth-order valence-electron chi connectivity index (χ4n) is 5.37. The molecule has 9 heteroatoms. The second-order valence-corrected chi connectivity index (χ2v) is 11.9. The summed E-state index contributed by atoms with van der Waals surface area (Å²) in [6, 6.07) is 5.58. The van der Waals surface area contributed by atoms with Gasteiger partial charge in [-0.25, -0.2) is 0 Å². The van der Waals surface area contributed by atoms with Crippen molar-refractivity contribution in [1.29, 1.82) is 0 Å². The summed E-state index contributed by atoms with van der Waals surface area (Å²) in [7, 11) is 4.70. The SMILES string of the molecule is COc1ccc2c(c1)-c1c(ssc1=S)C(C)(C)N2C(=O)CN1C(=O)[C@H]2CCCC[C@@H]2C1=O. The number of carbonyl (C=O) groups is 3. The molecule has 2 aliphatic heterocycles. The highest BCUT2D eigenvalue weighted by Crippen LogP contribution is 2.53. The van der Waals surface area contributed by atoms with Crippen molar-refractivity contribution in [2.45, 2.75) is 45.1 Å². The Bertz CT molecular complexity index is 1170. The van der Waals surface area contributed by atoms with Crippen molar-refractivity contribution in [2.24, 2.45) is 11.8 Å². The van der Waals surface area contributed by atoms with Gasteiger partial charge in [-0.15, -0.1) is 0 Å². The van der Waals surface area contributed by atoms with Crippen LogP contribution in [0, 0.1) is 15.7 Å². The lowest BCUT2D eigenvalue weighted by Gasteiger charge is -2.43. The van der Waals surface area contributed by atoms with Gasteiger partial charge in [-0.3, -0.25) is 24.2 Å². The minimum atomic E-state index is -0.662. The molecule has 2 aromatic rings. The average molecular weight is 489 g/mol. The minimum Gasteiger partial charge on any atom is -0.497 e. The van der Waals surface area contributed by atoms with Crippen LogP contribution in [-0.2, 0) is 19.9 Å². The number of rotatable bonds is 3. The molecule has 0 N–H and O–H groups in total. The lowest BCUT2D eigenvalue weighted by molar-refractivity contribution is -0.143. The van der Waals surface area contributed by atoms with Crippen LogP contribution < -0.4 is 9.64 Å². The van der Waals surface area contributed by atoms with E-state index in [0.717, 1.165) is 51.2 Å². The first-order chi connectivity index (χ1) is 15.3. The van der Waals surface area contributed by atoms with E-state index in [-0.39, 0.29) is 36.1 Å². The number of hydrogen-bond donors (Lipinski definition) is 0. The molecule has 3 amide bonds. The number of carbonyl (C=O) groups excluding carboxylic acids is 3. The highest BCUT2D eigenvalue weighted by molar-refractivity contribution is 7.80. The van der Waals surface area contributed by atoms with Crippen molar-refractivity contribution in [3.8, 4) is 16.9 Å². The van der Waals surface area contributed by atoms with Gasteiger partial charge in [-0.05, 0) is 44.9 Å². The number of methoxy groups -OCH3 is 1. The maximum absolute atomic E-state index is 13.7. The Morgan fingerprint density at radius 2 is 1.81 bits per heavy atom. The average Bonchev–Trinajstić information content (AvgIpc) is 3.28. The van der Waals surface area contributed by atoms with Crippen molar-refractivity contribution in [1.82, 2.24) is 4.90 Å². The van der Waals surface area contributed by atoms with E-state index in [1.807, 2.05) is 32.0 Å². The molecule has 0 spiro atoms. The van der Waals surface area contributed by atoms with Gasteiger partial charge in [0.2, 0.25) is 17.7 Å². The Kier molecular flexibility index (Phi) is 5.26. The van der Waals surface area contributed by atoms with Crippen molar-refractivity contribution < 1.29 is 19.1 Å². The van der Waals surface area contributed by atoms with E-state index in [1.54, 1.807) is 22.4 Å². The van der Waals surface area contributed by atoms with Crippen LogP contribution in [0.25, 0.3) is 11.1 Å². The van der Waals surface area contributed by atoms with Crippen molar-refractivity contribution in [2.75, 3.05) is 18.6 Å². The summed E-state index contributed by atoms with van der Waals surface area (Å²) in [5, 5.41) is 0. The summed E-state index contributed by atoms with van der Waals surface area (Å²) in [4.78, 5) is 43.6. The number of imide groups is 1. The molecule has 6 nitrogen and oxygen atoms in total. The number of anilines is 1. The quantitative estimate of drug-likeness (QED) is 0.347. The summed E-state index contributed by atoms with van der Waals surface area (Å²) in [5.74, 6) is -0.487. The lowest BCUT2D eigenvalue weighted by Crippen LogP contribution is -2.52. The summed E-state index contributed by atoms with van der Waals surface area (Å²) < 4.78 is 6.21. The molecular formula is C23H24N2O4S3. The molecular weight excluding hydrogens is 464 g/mol. The maximum atomic E-state index is 13.7. The number of fused-ring (bicyclic) bond motifs is 4. The third-order valence-corrected chi connectivity index (χ3v) is 10.3. The van der Waals surface area contributed by atoms with E-state index in [0.29, 0.717) is 5.75 Å². The zero-order valence-electron chi connectivity index (χ0n) is 18.2. The van der Waals surface area contributed by atoms with Gasteiger partial charge in [0.25, 0.3) is 0 Å². The monoisotopic (exact) mass is 488 g/mol. The van der Waals surface area contributed by atoms with Crippen LogP contribution in [0.2, 0.25) is 0 Å². The zero-order chi connectivity index (χ0) is 22.8. The normalized spacial score (nSPS) is 23.6. The molecule has 0 radical (unpaired) electrons. The molecule has 3 aliphatic rings. The van der Waals surface area contributed by atoms with Crippen LogP contribution >= 0.6 is 32.9 Å². The largest absolute Gasteiger partial charge is 0.497 e. The van der Waals surface area contributed by atoms with E-state index in [1.165, 1.54) is 15.2 Å². The van der Waals surface area contributed by atoms with E-state index >= 15 is 0 Å². The number of nitrogens with zero attached hydrogens (tertiary/aromatic N) is 2. The zero-order valence-corrected chi connectivity index (χ0v) is 20.6. The van der Waals surface area contributed by atoms with Crippen molar-refractivity contribution in [3.05, 3.63) is 26.9 Å². The number of benzene rings is 1. The molecule has 1 aromatic carbocycles. The molecule has 5 rings (SSSR count). The summed E-state index contributed by atoms with van der Waals surface area (Å²) in [6.45, 7) is 3.75.